The number of hydrogen-bond donors (Lipinski definition) is 0. The van der Waals surface area contributed by atoms with Crippen LogP contribution < -0.4 is 4.74 Å². The first-order valence-corrected chi connectivity index (χ1v) is 7.04. The maximum atomic E-state index is 10.9. The Hall–Kier alpha value is -2.88. The van der Waals surface area contributed by atoms with Gasteiger partial charge in [0.05, 0.1) is 5.69 Å². The zero-order valence-electron chi connectivity index (χ0n) is 12.3. The van der Waals surface area contributed by atoms with Gasteiger partial charge in [-0.1, -0.05) is 30.3 Å². The number of aldehydes is 1. The maximum Gasteiger partial charge on any atom is 0.170 e. The molecule has 0 radical (unpaired) electrons. The van der Waals surface area contributed by atoms with Crippen molar-refractivity contribution in [2.75, 3.05) is 0 Å². The number of hydrogen-bond acceptors (Lipinski definition) is 3. The Morgan fingerprint density at radius 1 is 1.09 bits per heavy atom. The third-order valence-corrected chi connectivity index (χ3v) is 3.52. The van der Waals surface area contributed by atoms with Crippen molar-refractivity contribution in [3.63, 3.8) is 0 Å². The Labute approximate surface area is 129 Å². The number of imidazole rings is 1. The number of ether oxygens (including phenoxy) is 1. The zero-order valence-corrected chi connectivity index (χ0v) is 12.3. The lowest BCUT2D eigenvalue weighted by Gasteiger charge is -2.09. The fraction of sp³-hybridized carbons (Fsp3) is 0.111. The van der Waals surface area contributed by atoms with Gasteiger partial charge < -0.3 is 9.30 Å². The topological polar surface area (TPSA) is 44.1 Å². The molecule has 110 valence electrons. The number of carbonyl (C=O) groups excluding carboxylic acids is 1. The molecule has 0 saturated heterocycles. The van der Waals surface area contributed by atoms with Crippen molar-refractivity contribution in [1.29, 1.82) is 0 Å². The fourth-order valence-electron chi connectivity index (χ4n) is 2.24. The van der Waals surface area contributed by atoms with Gasteiger partial charge in [0.1, 0.15) is 24.4 Å². The summed E-state index contributed by atoms with van der Waals surface area (Å²) in [5.74, 6) is 0.806. The van der Waals surface area contributed by atoms with E-state index in [0.717, 1.165) is 29.0 Å². The molecule has 0 aliphatic carbocycles. The van der Waals surface area contributed by atoms with Crippen molar-refractivity contribution in [2.45, 2.75) is 13.5 Å². The summed E-state index contributed by atoms with van der Waals surface area (Å²) in [4.78, 5) is 14.9. The third-order valence-electron chi connectivity index (χ3n) is 3.52. The van der Waals surface area contributed by atoms with Crippen LogP contribution in [0.4, 0.5) is 0 Å². The molecule has 0 unspecified atom stereocenters. The van der Waals surface area contributed by atoms with Crippen molar-refractivity contribution in [2.24, 2.45) is 0 Å². The molecule has 0 atom stereocenters. The summed E-state index contributed by atoms with van der Waals surface area (Å²) in [7, 11) is 0. The number of nitrogens with zero attached hydrogens (tertiary/aromatic N) is 2. The molecule has 0 N–H and O–H groups in total. The highest BCUT2D eigenvalue weighted by Crippen LogP contribution is 2.18. The minimum absolute atomic E-state index is 0.462. The molecule has 1 aromatic heterocycles. The van der Waals surface area contributed by atoms with Crippen molar-refractivity contribution in [1.82, 2.24) is 9.55 Å². The fourth-order valence-corrected chi connectivity index (χ4v) is 2.24. The smallest absolute Gasteiger partial charge is 0.170 e. The Morgan fingerprint density at radius 2 is 1.82 bits per heavy atom. The van der Waals surface area contributed by atoms with Crippen LogP contribution in [0.2, 0.25) is 0 Å². The molecule has 0 fully saturated rings. The van der Waals surface area contributed by atoms with Gasteiger partial charge >= 0.3 is 0 Å². The van der Waals surface area contributed by atoms with Crippen LogP contribution in [0.25, 0.3) is 5.69 Å². The van der Waals surface area contributed by atoms with Crippen LogP contribution in [-0.4, -0.2) is 15.8 Å². The number of carbonyl (C=O) groups is 1. The van der Waals surface area contributed by atoms with E-state index in [1.54, 1.807) is 6.33 Å². The number of benzene rings is 2. The summed E-state index contributed by atoms with van der Waals surface area (Å²) in [6, 6.07) is 17.8. The third kappa shape index (κ3) is 2.91. The van der Waals surface area contributed by atoms with Crippen LogP contribution in [0.1, 0.15) is 21.7 Å². The van der Waals surface area contributed by atoms with Crippen LogP contribution >= 0.6 is 0 Å². The normalized spacial score (nSPS) is 10.4. The summed E-state index contributed by atoms with van der Waals surface area (Å²) in [5, 5.41) is 0. The van der Waals surface area contributed by atoms with Crippen LogP contribution in [-0.2, 0) is 6.61 Å². The molecule has 4 nitrogen and oxygen atoms in total. The van der Waals surface area contributed by atoms with E-state index in [0.29, 0.717) is 12.3 Å². The lowest BCUT2D eigenvalue weighted by Crippen LogP contribution is -1.98. The summed E-state index contributed by atoms with van der Waals surface area (Å²) >= 11 is 0. The van der Waals surface area contributed by atoms with E-state index in [1.807, 2.05) is 66.1 Å². The average Bonchev–Trinajstić information content (AvgIpc) is 2.95. The Kier molecular flexibility index (Phi) is 4.01. The van der Waals surface area contributed by atoms with Gasteiger partial charge in [-0.25, -0.2) is 4.98 Å². The lowest BCUT2D eigenvalue weighted by atomic mass is 10.2. The minimum Gasteiger partial charge on any atom is -0.489 e. The van der Waals surface area contributed by atoms with Crippen molar-refractivity contribution < 1.29 is 9.53 Å². The molecule has 0 saturated carbocycles. The van der Waals surface area contributed by atoms with Crippen LogP contribution in [0.15, 0.2) is 60.9 Å². The van der Waals surface area contributed by atoms with E-state index in [2.05, 4.69) is 4.98 Å². The first-order chi connectivity index (χ1) is 10.8. The van der Waals surface area contributed by atoms with Crippen molar-refractivity contribution in [3.05, 3.63) is 77.9 Å². The van der Waals surface area contributed by atoms with E-state index in [9.17, 15) is 4.79 Å². The minimum atomic E-state index is 0.462. The first-order valence-electron chi connectivity index (χ1n) is 7.04. The van der Waals surface area contributed by atoms with E-state index >= 15 is 0 Å². The Bertz CT molecular complexity index is 762. The van der Waals surface area contributed by atoms with Gasteiger partial charge in [-0.3, -0.25) is 4.79 Å². The van der Waals surface area contributed by atoms with E-state index in [1.165, 1.54) is 0 Å². The van der Waals surface area contributed by atoms with E-state index < -0.39 is 0 Å². The number of aromatic nitrogens is 2. The molecule has 0 bridgehead atoms. The monoisotopic (exact) mass is 292 g/mol. The molecule has 0 aliphatic rings. The zero-order chi connectivity index (χ0) is 15.4. The quantitative estimate of drug-likeness (QED) is 0.675. The van der Waals surface area contributed by atoms with Gasteiger partial charge in [0, 0.05) is 5.69 Å². The lowest BCUT2D eigenvalue weighted by molar-refractivity contribution is 0.111. The second-order valence-corrected chi connectivity index (χ2v) is 4.97. The van der Waals surface area contributed by atoms with E-state index in [-0.39, 0.29) is 0 Å². The highest BCUT2D eigenvalue weighted by atomic mass is 16.5. The molecule has 3 rings (SSSR count). The standard InChI is InChI=1S/C18H16N2O2/c1-14-18(11-21)19-13-20(14)16-7-9-17(10-8-16)22-12-15-5-3-2-4-6-15/h2-11,13H,12H2,1H3. The molecule has 2 aromatic carbocycles. The molecule has 22 heavy (non-hydrogen) atoms. The van der Waals surface area contributed by atoms with Gasteiger partial charge in [-0.05, 0) is 36.8 Å². The van der Waals surface area contributed by atoms with Gasteiger partial charge in [-0.15, -0.1) is 0 Å². The van der Waals surface area contributed by atoms with E-state index in [4.69, 9.17) is 4.74 Å². The largest absolute Gasteiger partial charge is 0.489 e. The second-order valence-electron chi connectivity index (χ2n) is 4.97. The maximum absolute atomic E-state index is 10.9. The highest BCUT2D eigenvalue weighted by Gasteiger charge is 2.07. The highest BCUT2D eigenvalue weighted by molar-refractivity contribution is 5.73. The Balaban J connectivity index is 1.72. The van der Waals surface area contributed by atoms with Crippen LogP contribution in [0, 0.1) is 6.92 Å². The van der Waals surface area contributed by atoms with Gasteiger partial charge in [0.25, 0.3) is 0 Å². The molecule has 0 spiro atoms. The molecule has 0 amide bonds. The molecule has 1 heterocycles. The summed E-state index contributed by atoms with van der Waals surface area (Å²) in [6.07, 6.45) is 2.42. The van der Waals surface area contributed by atoms with Crippen molar-refractivity contribution in [3.8, 4) is 11.4 Å². The summed E-state index contributed by atoms with van der Waals surface area (Å²) in [5.41, 5.74) is 3.37. The first kappa shape index (κ1) is 14.1. The van der Waals surface area contributed by atoms with Crippen molar-refractivity contribution >= 4 is 6.29 Å². The Morgan fingerprint density at radius 3 is 2.45 bits per heavy atom. The molecular weight excluding hydrogens is 276 g/mol. The predicted molar refractivity (Wildman–Crippen MR) is 84.5 cm³/mol. The molecular formula is C18H16N2O2. The SMILES string of the molecule is Cc1c(C=O)ncn1-c1ccc(OCc2ccccc2)cc1. The molecule has 4 heteroatoms. The van der Waals surface area contributed by atoms with Crippen LogP contribution in [0.3, 0.4) is 0 Å². The van der Waals surface area contributed by atoms with Gasteiger partial charge in [0.2, 0.25) is 0 Å². The number of rotatable bonds is 5. The van der Waals surface area contributed by atoms with Crippen LogP contribution in [0.5, 0.6) is 5.75 Å². The average molecular weight is 292 g/mol. The van der Waals surface area contributed by atoms with Gasteiger partial charge in [0.15, 0.2) is 6.29 Å². The molecule has 3 aromatic rings. The molecule has 0 aliphatic heterocycles. The predicted octanol–water partition coefficient (Wildman–Crippen LogP) is 3.57. The van der Waals surface area contributed by atoms with Gasteiger partial charge in [-0.2, -0.15) is 0 Å². The second kappa shape index (κ2) is 6.26. The summed E-state index contributed by atoms with van der Waals surface area (Å²) in [6.45, 7) is 2.41. The summed E-state index contributed by atoms with van der Waals surface area (Å²) < 4.78 is 7.64.